The van der Waals surface area contributed by atoms with E-state index >= 15 is 0 Å². The minimum Gasteiger partial charge on any atom is -0.478 e. The standard InChI is InChI=1S/C20H14BrN3O2S/c1-11-22-18(24-16-8-7-13(21)9-14(16)20(25)26)15-10-17(27-19(15)23-11)12-5-3-2-4-6-12/h2-10H,1H3,(H,25,26)(H,22,23,24). The summed E-state index contributed by atoms with van der Waals surface area (Å²) < 4.78 is 0.705. The van der Waals surface area contributed by atoms with Crippen LogP contribution < -0.4 is 5.32 Å². The van der Waals surface area contributed by atoms with Crippen molar-refractivity contribution in [3.8, 4) is 10.4 Å². The van der Waals surface area contributed by atoms with Crippen LogP contribution in [-0.4, -0.2) is 21.0 Å². The van der Waals surface area contributed by atoms with Gasteiger partial charge in [-0.05, 0) is 36.8 Å². The maximum atomic E-state index is 11.6. The molecule has 0 radical (unpaired) electrons. The Morgan fingerprint density at radius 1 is 1.11 bits per heavy atom. The highest BCUT2D eigenvalue weighted by atomic mass is 79.9. The molecule has 2 heterocycles. The predicted octanol–water partition coefficient (Wildman–Crippen LogP) is 5.87. The number of aromatic carboxylic acids is 1. The summed E-state index contributed by atoms with van der Waals surface area (Å²) in [4.78, 5) is 22.6. The normalized spacial score (nSPS) is 10.9. The summed E-state index contributed by atoms with van der Waals surface area (Å²) in [5.41, 5.74) is 1.77. The number of carboxylic acids is 1. The van der Waals surface area contributed by atoms with Crippen molar-refractivity contribution in [2.75, 3.05) is 5.32 Å². The van der Waals surface area contributed by atoms with Gasteiger partial charge in [0.25, 0.3) is 0 Å². The number of halogens is 1. The molecule has 134 valence electrons. The fourth-order valence-corrected chi connectivity index (χ4v) is 4.24. The third kappa shape index (κ3) is 3.56. The number of carbonyl (C=O) groups is 1. The quantitative estimate of drug-likeness (QED) is 0.415. The molecule has 0 unspecified atom stereocenters. The van der Waals surface area contributed by atoms with Crippen LogP contribution in [0.15, 0.2) is 59.1 Å². The highest BCUT2D eigenvalue weighted by Gasteiger charge is 2.15. The van der Waals surface area contributed by atoms with Gasteiger partial charge in [-0.15, -0.1) is 11.3 Å². The average molecular weight is 440 g/mol. The first-order valence-electron chi connectivity index (χ1n) is 8.15. The Labute approximate surface area is 167 Å². The van der Waals surface area contributed by atoms with E-state index in [1.165, 1.54) is 0 Å². The van der Waals surface area contributed by atoms with Gasteiger partial charge in [-0.25, -0.2) is 14.8 Å². The molecule has 27 heavy (non-hydrogen) atoms. The average Bonchev–Trinajstić information content (AvgIpc) is 3.08. The molecule has 7 heteroatoms. The Balaban J connectivity index is 1.83. The van der Waals surface area contributed by atoms with Crippen molar-refractivity contribution >= 4 is 55.0 Å². The van der Waals surface area contributed by atoms with Gasteiger partial charge >= 0.3 is 5.97 Å². The maximum Gasteiger partial charge on any atom is 0.337 e. The number of anilines is 2. The molecular weight excluding hydrogens is 426 g/mol. The molecule has 2 aromatic carbocycles. The molecule has 5 nitrogen and oxygen atoms in total. The van der Waals surface area contributed by atoms with Gasteiger partial charge in [-0.3, -0.25) is 0 Å². The number of hydrogen-bond donors (Lipinski definition) is 2. The van der Waals surface area contributed by atoms with Crippen molar-refractivity contribution < 1.29 is 9.90 Å². The summed E-state index contributed by atoms with van der Waals surface area (Å²) in [5.74, 6) is 0.220. The van der Waals surface area contributed by atoms with Gasteiger partial charge in [-0.1, -0.05) is 46.3 Å². The van der Waals surface area contributed by atoms with E-state index in [1.807, 2.05) is 31.2 Å². The molecule has 0 aliphatic heterocycles. The Morgan fingerprint density at radius 2 is 1.89 bits per heavy atom. The minimum absolute atomic E-state index is 0.173. The van der Waals surface area contributed by atoms with E-state index in [1.54, 1.807) is 29.5 Å². The second kappa shape index (κ2) is 7.09. The van der Waals surface area contributed by atoms with Crippen LogP contribution in [0.3, 0.4) is 0 Å². The first-order valence-corrected chi connectivity index (χ1v) is 9.75. The monoisotopic (exact) mass is 439 g/mol. The van der Waals surface area contributed by atoms with Crippen molar-refractivity contribution in [1.82, 2.24) is 9.97 Å². The third-order valence-electron chi connectivity index (χ3n) is 4.03. The fraction of sp³-hybridized carbons (Fsp3) is 0.0500. The van der Waals surface area contributed by atoms with Crippen LogP contribution in [0.25, 0.3) is 20.7 Å². The molecule has 0 spiro atoms. The second-order valence-corrected chi connectivity index (χ2v) is 7.88. The first kappa shape index (κ1) is 17.6. The van der Waals surface area contributed by atoms with Crippen molar-refractivity contribution in [1.29, 1.82) is 0 Å². The first-order chi connectivity index (χ1) is 13.0. The van der Waals surface area contributed by atoms with E-state index < -0.39 is 5.97 Å². The summed E-state index contributed by atoms with van der Waals surface area (Å²) in [7, 11) is 0. The Hall–Kier alpha value is -2.77. The summed E-state index contributed by atoms with van der Waals surface area (Å²) in [6.07, 6.45) is 0. The third-order valence-corrected chi connectivity index (χ3v) is 5.60. The molecule has 4 rings (SSSR count). The summed E-state index contributed by atoms with van der Waals surface area (Å²) in [6.45, 7) is 1.83. The molecule has 4 aromatic rings. The van der Waals surface area contributed by atoms with E-state index in [-0.39, 0.29) is 5.56 Å². The molecule has 0 saturated carbocycles. The van der Waals surface area contributed by atoms with Crippen LogP contribution in [0.1, 0.15) is 16.2 Å². The lowest BCUT2D eigenvalue weighted by atomic mass is 10.1. The largest absolute Gasteiger partial charge is 0.478 e. The van der Waals surface area contributed by atoms with Crippen LogP contribution >= 0.6 is 27.3 Å². The number of nitrogens with one attached hydrogen (secondary N) is 1. The predicted molar refractivity (Wildman–Crippen MR) is 112 cm³/mol. The topological polar surface area (TPSA) is 75.1 Å². The number of nitrogens with zero attached hydrogens (tertiary/aromatic N) is 2. The zero-order valence-corrected chi connectivity index (χ0v) is 16.6. The van der Waals surface area contributed by atoms with Crippen LogP contribution in [0, 0.1) is 6.92 Å². The summed E-state index contributed by atoms with van der Waals surface area (Å²) in [5, 5.41) is 13.5. The van der Waals surface area contributed by atoms with E-state index in [2.05, 4.69) is 43.3 Å². The van der Waals surface area contributed by atoms with E-state index in [0.717, 1.165) is 20.7 Å². The highest BCUT2D eigenvalue weighted by molar-refractivity contribution is 9.10. The van der Waals surface area contributed by atoms with Gasteiger partial charge in [0, 0.05) is 9.35 Å². The molecule has 0 fully saturated rings. The number of thiophene rings is 1. The van der Waals surface area contributed by atoms with Crippen LogP contribution in [0.5, 0.6) is 0 Å². The van der Waals surface area contributed by atoms with E-state index in [4.69, 9.17) is 0 Å². The molecule has 0 aliphatic carbocycles. The second-order valence-electron chi connectivity index (χ2n) is 5.93. The Bertz CT molecular complexity index is 1160. The van der Waals surface area contributed by atoms with Gasteiger partial charge in [-0.2, -0.15) is 0 Å². The van der Waals surface area contributed by atoms with E-state index in [0.29, 0.717) is 21.8 Å². The Kier molecular flexibility index (Phi) is 4.63. The highest BCUT2D eigenvalue weighted by Crippen LogP contribution is 2.36. The number of hydrogen-bond acceptors (Lipinski definition) is 5. The zero-order chi connectivity index (χ0) is 19.0. The number of carboxylic acid groups (broad SMARTS) is 1. The molecule has 0 amide bonds. The Morgan fingerprint density at radius 3 is 2.63 bits per heavy atom. The molecule has 0 saturated heterocycles. The van der Waals surface area contributed by atoms with Crippen molar-refractivity contribution in [2.24, 2.45) is 0 Å². The molecule has 2 aromatic heterocycles. The fourth-order valence-electron chi connectivity index (χ4n) is 2.80. The van der Waals surface area contributed by atoms with Gasteiger partial charge in [0.2, 0.25) is 0 Å². The molecular formula is C20H14BrN3O2S. The molecule has 0 atom stereocenters. The van der Waals surface area contributed by atoms with Crippen LogP contribution in [0.2, 0.25) is 0 Å². The smallest absolute Gasteiger partial charge is 0.337 e. The van der Waals surface area contributed by atoms with Crippen LogP contribution in [0.4, 0.5) is 11.5 Å². The number of aryl methyl sites for hydroxylation is 1. The van der Waals surface area contributed by atoms with Crippen molar-refractivity contribution in [2.45, 2.75) is 6.92 Å². The maximum absolute atomic E-state index is 11.6. The van der Waals surface area contributed by atoms with Gasteiger partial charge < -0.3 is 10.4 Å². The van der Waals surface area contributed by atoms with Gasteiger partial charge in [0.05, 0.1) is 16.6 Å². The zero-order valence-electron chi connectivity index (χ0n) is 14.2. The lowest BCUT2D eigenvalue weighted by Gasteiger charge is -2.10. The lowest BCUT2D eigenvalue weighted by Crippen LogP contribution is -2.04. The van der Waals surface area contributed by atoms with Crippen molar-refractivity contribution in [3.05, 3.63) is 70.5 Å². The minimum atomic E-state index is -1.00. The SMILES string of the molecule is Cc1nc(Nc2ccc(Br)cc2C(=O)O)c2cc(-c3ccccc3)sc2n1. The molecule has 0 aliphatic rings. The van der Waals surface area contributed by atoms with Gasteiger partial charge in [0.15, 0.2) is 0 Å². The van der Waals surface area contributed by atoms with Gasteiger partial charge in [0.1, 0.15) is 16.5 Å². The lowest BCUT2D eigenvalue weighted by molar-refractivity contribution is 0.0698. The van der Waals surface area contributed by atoms with Crippen molar-refractivity contribution in [3.63, 3.8) is 0 Å². The van der Waals surface area contributed by atoms with Crippen LogP contribution in [-0.2, 0) is 0 Å². The summed E-state index contributed by atoms with van der Waals surface area (Å²) in [6, 6.07) is 17.2. The molecule has 0 bridgehead atoms. The number of aromatic nitrogens is 2. The number of rotatable bonds is 4. The number of benzene rings is 2. The van der Waals surface area contributed by atoms with E-state index in [9.17, 15) is 9.90 Å². The summed E-state index contributed by atoms with van der Waals surface area (Å²) >= 11 is 4.90. The number of fused-ring (bicyclic) bond motifs is 1. The molecule has 2 N–H and O–H groups in total.